The van der Waals surface area contributed by atoms with Crippen LogP contribution in [0.4, 0.5) is 13.2 Å². The molecular formula is C17H21F3N2O4. The number of aromatic nitrogens is 1. The van der Waals surface area contributed by atoms with Crippen LogP contribution in [0, 0.1) is 5.92 Å². The number of hydrogen-bond donors (Lipinski definition) is 1. The van der Waals surface area contributed by atoms with Crippen LogP contribution in [0.1, 0.15) is 42.5 Å². The summed E-state index contributed by atoms with van der Waals surface area (Å²) in [4.78, 5) is 28.0. The molecule has 0 aromatic carbocycles. The zero-order chi connectivity index (χ0) is 19.2. The number of amides is 1. The summed E-state index contributed by atoms with van der Waals surface area (Å²) in [5, 5.41) is 2.82. The molecule has 1 aliphatic rings. The SMILES string of the molecule is COC(=O)[C@@H]1CCCCC[C@@H]1NC(=O)c1ccc(OCC(F)(F)F)nc1. The van der Waals surface area contributed by atoms with Crippen molar-refractivity contribution in [3.05, 3.63) is 23.9 Å². The molecule has 26 heavy (non-hydrogen) atoms. The topological polar surface area (TPSA) is 77.5 Å². The number of alkyl halides is 3. The molecule has 1 amide bonds. The highest BCUT2D eigenvalue weighted by atomic mass is 19.4. The van der Waals surface area contributed by atoms with Crippen molar-refractivity contribution < 1.29 is 32.2 Å². The Morgan fingerprint density at radius 3 is 2.58 bits per heavy atom. The predicted molar refractivity (Wildman–Crippen MR) is 85.6 cm³/mol. The first-order valence-electron chi connectivity index (χ1n) is 8.34. The number of nitrogens with zero attached hydrogens (tertiary/aromatic N) is 1. The summed E-state index contributed by atoms with van der Waals surface area (Å²) in [6.07, 6.45) is 0.739. The number of hydrogen-bond acceptors (Lipinski definition) is 5. The summed E-state index contributed by atoms with van der Waals surface area (Å²) >= 11 is 0. The third kappa shape index (κ3) is 5.89. The smallest absolute Gasteiger partial charge is 0.422 e. The van der Waals surface area contributed by atoms with Gasteiger partial charge < -0.3 is 14.8 Å². The number of pyridine rings is 1. The van der Waals surface area contributed by atoms with E-state index in [2.05, 4.69) is 15.0 Å². The molecule has 1 aliphatic carbocycles. The normalized spacial score (nSPS) is 20.8. The average molecular weight is 374 g/mol. The van der Waals surface area contributed by atoms with E-state index in [1.54, 1.807) is 0 Å². The summed E-state index contributed by atoms with van der Waals surface area (Å²) in [6, 6.07) is 2.18. The van der Waals surface area contributed by atoms with Crippen LogP contribution >= 0.6 is 0 Å². The van der Waals surface area contributed by atoms with E-state index in [-0.39, 0.29) is 23.5 Å². The van der Waals surface area contributed by atoms with E-state index in [9.17, 15) is 22.8 Å². The molecule has 144 valence electrons. The van der Waals surface area contributed by atoms with Gasteiger partial charge >= 0.3 is 12.1 Å². The third-order valence-corrected chi connectivity index (χ3v) is 4.22. The molecule has 1 N–H and O–H groups in total. The molecule has 6 nitrogen and oxygen atoms in total. The van der Waals surface area contributed by atoms with Crippen molar-refractivity contribution in [2.75, 3.05) is 13.7 Å². The number of nitrogens with one attached hydrogen (secondary N) is 1. The zero-order valence-corrected chi connectivity index (χ0v) is 14.3. The summed E-state index contributed by atoms with van der Waals surface area (Å²) < 4.78 is 45.7. The lowest BCUT2D eigenvalue weighted by Crippen LogP contribution is -2.43. The highest BCUT2D eigenvalue weighted by molar-refractivity contribution is 5.94. The number of rotatable bonds is 5. The van der Waals surface area contributed by atoms with Crippen LogP contribution in [0.5, 0.6) is 5.88 Å². The van der Waals surface area contributed by atoms with E-state index >= 15 is 0 Å². The Morgan fingerprint density at radius 2 is 1.96 bits per heavy atom. The van der Waals surface area contributed by atoms with Gasteiger partial charge in [0.05, 0.1) is 18.6 Å². The minimum absolute atomic E-state index is 0.178. The zero-order valence-electron chi connectivity index (χ0n) is 14.3. The first-order chi connectivity index (χ1) is 12.3. The molecule has 1 fully saturated rings. The number of carbonyl (C=O) groups excluding carboxylic acids is 2. The van der Waals surface area contributed by atoms with Gasteiger partial charge in [0.15, 0.2) is 6.61 Å². The highest BCUT2D eigenvalue weighted by Crippen LogP contribution is 2.25. The first-order valence-corrected chi connectivity index (χ1v) is 8.34. The number of esters is 1. The molecule has 1 aromatic rings. The second kappa shape index (κ2) is 8.86. The van der Waals surface area contributed by atoms with Crippen molar-refractivity contribution >= 4 is 11.9 Å². The van der Waals surface area contributed by atoms with Gasteiger partial charge in [0.2, 0.25) is 5.88 Å². The van der Waals surface area contributed by atoms with E-state index in [4.69, 9.17) is 4.74 Å². The Hall–Kier alpha value is -2.32. The predicted octanol–water partition coefficient (Wildman–Crippen LogP) is 2.87. The molecule has 9 heteroatoms. The Labute approximate surface area is 149 Å². The second-order valence-corrected chi connectivity index (χ2v) is 6.14. The maximum Gasteiger partial charge on any atom is 0.422 e. The van der Waals surface area contributed by atoms with Gasteiger partial charge in [-0.15, -0.1) is 0 Å². The fourth-order valence-electron chi connectivity index (χ4n) is 2.92. The number of halogens is 3. The lowest BCUT2D eigenvalue weighted by atomic mass is 9.94. The minimum atomic E-state index is -4.46. The summed E-state index contributed by atoms with van der Waals surface area (Å²) in [7, 11) is 1.32. The minimum Gasteiger partial charge on any atom is -0.469 e. The lowest BCUT2D eigenvalue weighted by molar-refractivity contribution is -0.154. The van der Waals surface area contributed by atoms with Gasteiger partial charge in [0.1, 0.15) is 0 Å². The summed E-state index contributed by atoms with van der Waals surface area (Å²) in [6.45, 7) is -1.45. The van der Waals surface area contributed by atoms with Gasteiger partial charge in [-0.3, -0.25) is 9.59 Å². The molecule has 0 unspecified atom stereocenters. The van der Waals surface area contributed by atoms with E-state index in [1.165, 1.54) is 19.2 Å². The molecule has 1 aromatic heterocycles. The van der Waals surface area contributed by atoms with Gasteiger partial charge in [-0.25, -0.2) is 4.98 Å². The average Bonchev–Trinajstić information content (AvgIpc) is 2.84. The molecule has 1 saturated carbocycles. The molecule has 1 heterocycles. The Balaban J connectivity index is 2.00. The molecule has 0 aliphatic heterocycles. The van der Waals surface area contributed by atoms with Crippen LogP contribution in [0.2, 0.25) is 0 Å². The molecule has 0 spiro atoms. The van der Waals surface area contributed by atoms with Crippen LogP contribution in [0.15, 0.2) is 18.3 Å². The maximum atomic E-state index is 12.4. The second-order valence-electron chi connectivity index (χ2n) is 6.14. The van der Waals surface area contributed by atoms with Crippen molar-refractivity contribution in [1.29, 1.82) is 0 Å². The van der Waals surface area contributed by atoms with Crippen LogP contribution in [0.3, 0.4) is 0 Å². The van der Waals surface area contributed by atoms with Gasteiger partial charge in [-0.05, 0) is 18.9 Å². The Kier molecular flexibility index (Phi) is 6.82. The molecule has 2 atom stereocenters. The summed E-state index contributed by atoms with van der Waals surface area (Å²) in [5.41, 5.74) is 0.178. The molecule has 2 rings (SSSR count). The first kappa shape index (κ1) is 20.0. The molecule has 0 radical (unpaired) electrons. The van der Waals surface area contributed by atoms with Gasteiger partial charge in [0.25, 0.3) is 5.91 Å². The fraction of sp³-hybridized carbons (Fsp3) is 0.588. The van der Waals surface area contributed by atoms with E-state index in [0.29, 0.717) is 12.8 Å². The fourth-order valence-corrected chi connectivity index (χ4v) is 2.92. The van der Waals surface area contributed by atoms with Crippen molar-refractivity contribution in [2.24, 2.45) is 5.92 Å². The molecule has 0 bridgehead atoms. The van der Waals surface area contributed by atoms with E-state index in [1.807, 2.05) is 0 Å². The van der Waals surface area contributed by atoms with Crippen molar-refractivity contribution in [3.63, 3.8) is 0 Å². The molecule has 0 saturated heterocycles. The quantitative estimate of drug-likeness (QED) is 0.633. The van der Waals surface area contributed by atoms with Crippen molar-refractivity contribution in [2.45, 2.75) is 44.3 Å². The lowest BCUT2D eigenvalue weighted by Gasteiger charge is -2.24. The Bertz CT molecular complexity index is 619. The van der Waals surface area contributed by atoms with Crippen LogP contribution in [-0.2, 0) is 9.53 Å². The number of ether oxygens (including phenoxy) is 2. The van der Waals surface area contributed by atoms with Gasteiger partial charge in [0, 0.05) is 18.3 Å². The van der Waals surface area contributed by atoms with E-state index in [0.717, 1.165) is 25.5 Å². The monoisotopic (exact) mass is 374 g/mol. The number of carbonyl (C=O) groups is 2. The van der Waals surface area contributed by atoms with Crippen LogP contribution in [-0.4, -0.2) is 42.8 Å². The number of methoxy groups -OCH3 is 1. The van der Waals surface area contributed by atoms with Gasteiger partial charge in [-0.1, -0.05) is 19.3 Å². The molecular weight excluding hydrogens is 353 g/mol. The van der Waals surface area contributed by atoms with Crippen LogP contribution in [0.25, 0.3) is 0 Å². The highest BCUT2D eigenvalue weighted by Gasteiger charge is 2.32. The van der Waals surface area contributed by atoms with Gasteiger partial charge in [-0.2, -0.15) is 13.2 Å². The van der Waals surface area contributed by atoms with E-state index < -0.39 is 24.6 Å². The maximum absolute atomic E-state index is 12.4. The Morgan fingerprint density at radius 1 is 1.23 bits per heavy atom. The summed E-state index contributed by atoms with van der Waals surface area (Å²) in [5.74, 6) is -1.43. The third-order valence-electron chi connectivity index (χ3n) is 4.22. The van der Waals surface area contributed by atoms with Crippen LogP contribution < -0.4 is 10.1 Å². The van der Waals surface area contributed by atoms with Crippen molar-refractivity contribution in [3.8, 4) is 5.88 Å². The van der Waals surface area contributed by atoms with Crippen molar-refractivity contribution in [1.82, 2.24) is 10.3 Å². The standard InChI is InChI=1S/C17H21F3N2O4/c1-25-16(24)12-5-3-2-4-6-13(12)22-15(23)11-7-8-14(21-9-11)26-10-17(18,19)20/h7-9,12-13H,2-6,10H2,1H3,(H,22,23)/t12-,13+/m1/s1. The largest absolute Gasteiger partial charge is 0.469 e.